The van der Waals surface area contributed by atoms with Crippen molar-refractivity contribution in [3.05, 3.63) is 52.7 Å². The monoisotopic (exact) mass is 371 g/mol. The van der Waals surface area contributed by atoms with Gasteiger partial charge in [-0.1, -0.05) is 11.6 Å². The number of nitrogens with zero attached hydrogens (tertiary/aromatic N) is 1. The van der Waals surface area contributed by atoms with Crippen molar-refractivity contribution in [3.8, 4) is 0 Å². The van der Waals surface area contributed by atoms with Crippen molar-refractivity contribution in [2.45, 2.75) is 32.5 Å². The van der Waals surface area contributed by atoms with Crippen molar-refractivity contribution in [1.29, 1.82) is 0 Å². The fraction of sp³-hybridized carbons (Fsp3) is 0.294. The van der Waals surface area contributed by atoms with Crippen LogP contribution in [-0.2, 0) is 6.18 Å². The lowest BCUT2D eigenvalue weighted by Crippen LogP contribution is -2.27. The lowest BCUT2D eigenvalue weighted by molar-refractivity contribution is -0.136. The zero-order valence-corrected chi connectivity index (χ0v) is 14.6. The normalized spacial score (nSPS) is 12.0. The third-order valence-corrected chi connectivity index (χ3v) is 3.30. The van der Waals surface area contributed by atoms with Crippen molar-refractivity contribution >= 4 is 29.0 Å². The molecule has 0 fully saturated rings. The first kappa shape index (κ1) is 19.1. The Bertz CT molecular complexity index is 785. The molecular weight excluding hydrogens is 355 g/mol. The van der Waals surface area contributed by atoms with E-state index in [0.29, 0.717) is 5.82 Å². The molecule has 2 aromatic rings. The molecule has 0 saturated carbocycles. The van der Waals surface area contributed by atoms with Gasteiger partial charge in [-0.25, -0.2) is 4.98 Å². The van der Waals surface area contributed by atoms with E-state index in [9.17, 15) is 18.0 Å². The number of benzene rings is 1. The van der Waals surface area contributed by atoms with Gasteiger partial charge in [0, 0.05) is 22.3 Å². The summed E-state index contributed by atoms with van der Waals surface area (Å²) in [5, 5.41) is 5.31. The smallest absolute Gasteiger partial charge is 0.365 e. The zero-order valence-electron chi connectivity index (χ0n) is 13.8. The number of rotatable bonds is 3. The van der Waals surface area contributed by atoms with Gasteiger partial charge in [0.1, 0.15) is 5.82 Å². The SMILES string of the molecule is CC(C)(C)Nc1cc(C(=O)Nc2ccc(Cl)cc2C(F)(F)F)ccn1. The van der Waals surface area contributed by atoms with E-state index in [1.807, 2.05) is 20.8 Å². The highest BCUT2D eigenvalue weighted by atomic mass is 35.5. The molecule has 0 spiro atoms. The minimum Gasteiger partial charge on any atom is -0.365 e. The van der Waals surface area contributed by atoms with Crippen LogP contribution in [0.4, 0.5) is 24.7 Å². The first-order valence-electron chi connectivity index (χ1n) is 7.38. The fourth-order valence-corrected chi connectivity index (χ4v) is 2.25. The number of carbonyl (C=O) groups excluding carboxylic acids is 1. The topological polar surface area (TPSA) is 54.0 Å². The number of carbonyl (C=O) groups is 1. The zero-order chi connectivity index (χ0) is 18.8. The van der Waals surface area contributed by atoms with Crippen LogP contribution in [0.3, 0.4) is 0 Å². The molecule has 0 aliphatic heterocycles. The standard InChI is InChI=1S/C17H17ClF3N3O/c1-16(2,3)24-14-8-10(6-7-22-14)15(25)23-13-5-4-11(18)9-12(13)17(19,20)21/h4-9H,1-3H3,(H,22,24)(H,23,25). The van der Waals surface area contributed by atoms with E-state index < -0.39 is 17.6 Å². The summed E-state index contributed by atoms with van der Waals surface area (Å²) in [6, 6.07) is 6.08. The number of aromatic nitrogens is 1. The Kier molecular flexibility index (Phi) is 5.27. The Morgan fingerprint density at radius 2 is 1.80 bits per heavy atom. The maximum atomic E-state index is 13.1. The number of pyridine rings is 1. The molecule has 1 aromatic carbocycles. The van der Waals surface area contributed by atoms with Crippen molar-refractivity contribution in [3.63, 3.8) is 0 Å². The van der Waals surface area contributed by atoms with Gasteiger partial charge in [0.05, 0.1) is 11.3 Å². The lowest BCUT2D eigenvalue weighted by Gasteiger charge is -2.21. The molecule has 0 bridgehead atoms. The molecular formula is C17H17ClF3N3O. The molecule has 0 aliphatic rings. The average molecular weight is 372 g/mol. The molecule has 0 aliphatic carbocycles. The van der Waals surface area contributed by atoms with Crippen LogP contribution in [0.2, 0.25) is 5.02 Å². The van der Waals surface area contributed by atoms with Crippen molar-refractivity contribution in [2.24, 2.45) is 0 Å². The second kappa shape index (κ2) is 6.92. The second-order valence-electron chi connectivity index (χ2n) is 6.45. The summed E-state index contributed by atoms with van der Waals surface area (Å²) in [4.78, 5) is 16.4. The van der Waals surface area contributed by atoms with Crippen LogP contribution in [0.5, 0.6) is 0 Å². The van der Waals surface area contributed by atoms with Gasteiger partial charge < -0.3 is 10.6 Å². The van der Waals surface area contributed by atoms with Gasteiger partial charge in [-0.05, 0) is 51.1 Å². The van der Waals surface area contributed by atoms with E-state index in [-0.39, 0.29) is 21.8 Å². The highest BCUT2D eigenvalue weighted by Crippen LogP contribution is 2.36. The summed E-state index contributed by atoms with van der Waals surface area (Å²) in [5.41, 5.74) is -1.45. The number of hydrogen-bond donors (Lipinski definition) is 2. The van der Waals surface area contributed by atoms with Gasteiger partial charge in [0.2, 0.25) is 0 Å². The van der Waals surface area contributed by atoms with Crippen LogP contribution in [0, 0.1) is 0 Å². The Morgan fingerprint density at radius 1 is 1.12 bits per heavy atom. The molecule has 0 radical (unpaired) electrons. The first-order valence-corrected chi connectivity index (χ1v) is 7.76. The van der Waals surface area contributed by atoms with Gasteiger partial charge in [0.15, 0.2) is 0 Å². The highest BCUT2D eigenvalue weighted by Gasteiger charge is 2.34. The maximum Gasteiger partial charge on any atom is 0.418 e. The molecule has 2 N–H and O–H groups in total. The third-order valence-electron chi connectivity index (χ3n) is 3.06. The predicted octanol–water partition coefficient (Wildman–Crippen LogP) is 5.22. The molecule has 0 unspecified atom stereocenters. The van der Waals surface area contributed by atoms with Gasteiger partial charge >= 0.3 is 6.18 Å². The summed E-state index contributed by atoms with van der Waals surface area (Å²) in [7, 11) is 0. The average Bonchev–Trinajstić information content (AvgIpc) is 2.46. The number of hydrogen-bond acceptors (Lipinski definition) is 3. The van der Waals surface area contributed by atoms with Gasteiger partial charge in [-0.15, -0.1) is 0 Å². The minimum absolute atomic E-state index is 0.0640. The quantitative estimate of drug-likeness (QED) is 0.778. The summed E-state index contributed by atoms with van der Waals surface area (Å²) in [6.07, 6.45) is -3.22. The van der Waals surface area contributed by atoms with Crippen LogP contribution in [0.1, 0.15) is 36.7 Å². The van der Waals surface area contributed by atoms with Crippen molar-refractivity contribution < 1.29 is 18.0 Å². The van der Waals surface area contributed by atoms with Crippen LogP contribution in [-0.4, -0.2) is 16.4 Å². The molecule has 4 nitrogen and oxygen atoms in total. The number of anilines is 2. The summed E-state index contributed by atoms with van der Waals surface area (Å²) in [5.74, 6) is -0.223. The van der Waals surface area contributed by atoms with Crippen LogP contribution < -0.4 is 10.6 Å². The summed E-state index contributed by atoms with van der Waals surface area (Å²) >= 11 is 5.63. The Hall–Kier alpha value is -2.28. The minimum atomic E-state index is -4.63. The number of amides is 1. The van der Waals surface area contributed by atoms with Gasteiger partial charge in [0.25, 0.3) is 5.91 Å². The Balaban J connectivity index is 2.28. The highest BCUT2D eigenvalue weighted by molar-refractivity contribution is 6.30. The van der Waals surface area contributed by atoms with E-state index in [1.54, 1.807) is 0 Å². The second-order valence-corrected chi connectivity index (χ2v) is 6.88. The van der Waals surface area contributed by atoms with Crippen LogP contribution in [0.25, 0.3) is 0 Å². The van der Waals surface area contributed by atoms with Crippen molar-refractivity contribution in [2.75, 3.05) is 10.6 Å². The summed E-state index contributed by atoms with van der Waals surface area (Å²) < 4.78 is 39.3. The molecule has 1 aromatic heterocycles. The van der Waals surface area contributed by atoms with Crippen LogP contribution >= 0.6 is 11.6 Å². The Morgan fingerprint density at radius 3 is 2.40 bits per heavy atom. The molecule has 134 valence electrons. The molecule has 0 saturated heterocycles. The van der Waals surface area contributed by atoms with E-state index in [2.05, 4.69) is 15.6 Å². The van der Waals surface area contributed by atoms with Gasteiger partial charge in [-0.2, -0.15) is 13.2 Å². The number of nitrogens with one attached hydrogen (secondary N) is 2. The van der Waals surface area contributed by atoms with E-state index in [1.165, 1.54) is 24.4 Å². The van der Waals surface area contributed by atoms with E-state index in [0.717, 1.165) is 12.1 Å². The molecule has 8 heteroatoms. The Labute approximate surface area is 148 Å². The van der Waals surface area contributed by atoms with E-state index >= 15 is 0 Å². The van der Waals surface area contributed by atoms with Gasteiger partial charge in [-0.3, -0.25) is 4.79 Å². The number of alkyl halides is 3. The molecule has 1 amide bonds. The molecule has 2 rings (SSSR count). The maximum absolute atomic E-state index is 13.1. The van der Waals surface area contributed by atoms with E-state index in [4.69, 9.17) is 11.6 Å². The predicted molar refractivity (Wildman–Crippen MR) is 92.0 cm³/mol. The van der Waals surface area contributed by atoms with Crippen LogP contribution in [0.15, 0.2) is 36.5 Å². The third kappa shape index (κ3) is 5.35. The first-order chi connectivity index (χ1) is 11.5. The molecule has 1 heterocycles. The molecule has 0 atom stereocenters. The molecule has 25 heavy (non-hydrogen) atoms. The fourth-order valence-electron chi connectivity index (χ4n) is 2.08. The number of halogens is 4. The lowest BCUT2D eigenvalue weighted by atomic mass is 10.1. The summed E-state index contributed by atoms with van der Waals surface area (Å²) in [6.45, 7) is 5.76. The largest absolute Gasteiger partial charge is 0.418 e. The van der Waals surface area contributed by atoms with Crippen molar-refractivity contribution in [1.82, 2.24) is 4.98 Å².